The number of halogens is 1. The second-order valence-electron chi connectivity index (χ2n) is 3.29. The molecule has 0 aliphatic carbocycles. The molecule has 0 aliphatic heterocycles. The third kappa shape index (κ3) is 2.72. The van der Waals surface area contributed by atoms with Crippen LogP contribution in [0, 0.1) is 12.3 Å². The van der Waals surface area contributed by atoms with Crippen molar-refractivity contribution < 1.29 is 8.42 Å². The number of nitrogens with two attached hydrogens (primary N) is 1. The van der Waals surface area contributed by atoms with Crippen LogP contribution in [0.1, 0.15) is 6.92 Å². The van der Waals surface area contributed by atoms with Crippen LogP contribution in [-0.2, 0) is 10.0 Å². The lowest BCUT2D eigenvalue weighted by molar-refractivity contribution is 0.464. The van der Waals surface area contributed by atoms with Crippen LogP contribution in [0.4, 0.5) is 5.69 Å². The fourth-order valence-electron chi connectivity index (χ4n) is 1.40. The highest BCUT2D eigenvalue weighted by molar-refractivity contribution is 7.89. The zero-order valence-corrected chi connectivity index (χ0v) is 10.9. The zero-order valence-electron chi connectivity index (χ0n) is 9.35. The second kappa shape index (κ2) is 5.41. The largest absolute Gasteiger partial charge is 0.398 e. The van der Waals surface area contributed by atoms with Gasteiger partial charge in [0.1, 0.15) is 4.90 Å². The lowest BCUT2D eigenvalue weighted by Gasteiger charge is -2.19. The number of rotatable bonds is 4. The molecule has 17 heavy (non-hydrogen) atoms. The van der Waals surface area contributed by atoms with Gasteiger partial charge in [0, 0.05) is 6.54 Å². The van der Waals surface area contributed by atoms with E-state index in [9.17, 15) is 8.42 Å². The van der Waals surface area contributed by atoms with Crippen LogP contribution in [-0.4, -0.2) is 25.8 Å². The Hall–Kier alpha value is -1.22. The highest BCUT2D eigenvalue weighted by Gasteiger charge is 2.27. The van der Waals surface area contributed by atoms with E-state index in [0.29, 0.717) is 0 Å². The highest BCUT2D eigenvalue weighted by atomic mass is 35.5. The molecule has 6 heteroatoms. The van der Waals surface area contributed by atoms with Crippen molar-refractivity contribution in [3.63, 3.8) is 0 Å². The molecule has 4 nitrogen and oxygen atoms in total. The fraction of sp³-hybridized carbons (Fsp3) is 0.273. The topological polar surface area (TPSA) is 63.4 Å². The molecule has 0 atom stereocenters. The van der Waals surface area contributed by atoms with Gasteiger partial charge in [-0.15, -0.1) is 6.42 Å². The third-order valence-electron chi connectivity index (χ3n) is 2.22. The standard InChI is InChI=1S/C11H13ClN2O2S/c1-3-8-14(4-2)17(15,16)11-9(12)6-5-7-10(11)13/h1,5-7H,4,8,13H2,2H3. The van der Waals surface area contributed by atoms with Crippen molar-refractivity contribution in [2.24, 2.45) is 0 Å². The van der Waals surface area contributed by atoms with Gasteiger partial charge in [-0.1, -0.05) is 30.5 Å². The number of nitrogen functional groups attached to an aromatic ring is 1. The van der Waals surface area contributed by atoms with Gasteiger partial charge in [-0.2, -0.15) is 4.31 Å². The summed E-state index contributed by atoms with van der Waals surface area (Å²) in [7, 11) is -3.74. The molecule has 0 aliphatic rings. The van der Waals surface area contributed by atoms with E-state index in [-0.39, 0.29) is 28.7 Å². The summed E-state index contributed by atoms with van der Waals surface area (Å²) in [6.45, 7) is 1.95. The first-order valence-corrected chi connectivity index (χ1v) is 6.74. The Morgan fingerprint density at radius 1 is 1.53 bits per heavy atom. The Kier molecular flexibility index (Phi) is 4.40. The first-order chi connectivity index (χ1) is 7.95. The van der Waals surface area contributed by atoms with E-state index in [2.05, 4.69) is 5.92 Å². The van der Waals surface area contributed by atoms with Gasteiger partial charge in [0.15, 0.2) is 0 Å². The van der Waals surface area contributed by atoms with Crippen LogP contribution in [0.3, 0.4) is 0 Å². The van der Waals surface area contributed by atoms with Crippen molar-refractivity contribution in [3.05, 3.63) is 23.2 Å². The Balaban J connectivity index is 3.36. The Bertz CT molecular complexity index is 529. The molecule has 0 heterocycles. The summed E-state index contributed by atoms with van der Waals surface area (Å²) in [5.41, 5.74) is 5.77. The van der Waals surface area contributed by atoms with Crippen LogP contribution in [0.2, 0.25) is 5.02 Å². The van der Waals surface area contributed by atoms with Gasteiger partial charge in [0.25, 0.3) is 0 Å². The molecular weight excluding hydrogens is 260 g/mol. The van der Waals surface area contributed by atoms with Crippen LogP contribution < -0.4 is 5.73 Å². The molecule has 0 saturated carbocycles. The van der Waals surface area contributed by atoms with E-state index in [1.54, 1.807) is 13.0 Å². The lowest BCUT2D eigenvalue weighted by atomic mass is 10.3. The third-order valence-corrected chi connectivity index (χ3v) is 4.68. The van der Waals surface area contributed by atoms with Gasteiger partial charge in [0.05, 0.1) is 17.3 Å². The first kappa shape index (κ1) is 13.8. The first-order valence-electron chi connectivity index (χ1n) is 4.92. The van der Waals surface area contributed by atoms with Gasteiger partial charge in [-0.25, -0.2) is 8.42 Å². The van der Waals surface area contributed by atoms with Crippen molar-refractivity contribution in [3.8, 4) is 12.3 Å². The molecule has 0 bridgehead atoms. The van der Waals surface area contributed by atoms with E-state index < -0.39 is 10.0 Å². The minimum absolute atomic E-state index is 0.0104. The zero-order chi connectivity index (χ0) is 13.1. The van der Waals surface area contributed by atoms with Gasteiger partial charge in [-0.05, 0) is 12.1 Å². The molecule has 0 amide bonds. The average molecular weight is 273 g/mol. The maximum atomic E-state index is 12.3. The smallest absolute Gasteiger partial charge is 0.247 e. The number of benzene rings is 1. The van der Waals surface area contributed by atoms with E-state index in [1.807, 2.05) is 0 Å². The fourth-order valence-corrected chi connectivity index (χ4v) is 3.39. The molecule has 1 rings (SSSR count). The van der Waals surface area contributed by atoms with Crippen LogP contribution in [0.25, 0.3) is 0 Å². The maximum Gasteiger partial charge on any atom is 0.247 e. The molecule has 0 aromatic heterocycles. The molecule has 0 radical (unpaired) electrons. The number of anilines is 1. The van der Waals surface area contributed by atoms with Crippen molar-refractivity contribution in [1.29, 1.82) is 0 Å². The molecule has 1 aromatic rings. The normalized spacial score (nSPS) is 11.4. The summed E-state index contributed by atoms with van der Waals surface area (Å²) in [6.07, 6.45) is 5.14. The molecular formula is C11H13ClN2O2S. The summed E-state index contributed by atoms with van der Waals surface area (Å²) in [5.74, 6) is 2.30. The van der Waals surface area contributed by atoms with Gasteiger partial charge in [0.2, 0.25) is 10.0 Å². The second-order valence-corrected chi connectivity index (χ2v) is 5.58. The lowest BCUT2D eigenvalue weighted by Crippen LogP contribution is -2.32. The molecule has 92 valence electrons. The molecule has 0 spiro atoms. The molecule has 0 fully saturated rings. The Morgan fingerprint density at radius 3 is 2.65 bits per heavy atom. The van der Waals surface area contributed by atoms with Crippen molar-refractivity contribution >= 4 is 27.3 Å². The van der Waals surface area contributed by atoms with Crippen LogP contribution >= 0.6 is 11.6 Å². The molecule has 2 N–H and O–H groups in total. The molecule has 0 unspecified atom stereocenters. The summed E-state index contributed by atoms with van der Waals surface area (Å²) in [4.78, 5) is -0.0845. The van der Waals surface area contributed by atoms with E-state index >= 15 is 0 Å². The summed E-state index contributed by atoms with van der Waals surface area (Å²) >= 11 is 5.88. The van der Waals surface area contributed by atoms with E-state index in [0.717, 1.165) is 4.31 Å². The summed E-state index contributed by atoms with van der Waals surface area (Å²) in [6, 6.07) is 4.56. The average Bonchev–Trinajstić information content (AvgIpc) is 2.24. The summed E-state index contributed by atoms with van der Waals surface area (Å²) in [5, 5.41) is 0.0977. The van der Waals surface area contributed by atoms with E-state index in [1.165, 1.54) is 12.1 Å². The van der Waals surface area contributed by atoms with Gasteiger partial charge in [-0.3, -0.25) is 0 Å². The number of terminal acetylenes is 1. The Morgan fingerprint density at radius 2 is 2.18 bits per heavy atom. The highest BCUT2D eigenvalue weighted by Crippen LogP contribution is 2.29. The van der Waals surface area contributed by atoms with Crippen molar-refractivity contribution in [1.82, 2.24) is 4.31 Å². The van der Waals surface area contributed by atoms with Crippen molar-refractivity contribution in [2.45, 2.75) is 11.8 Å². The molecule has 1 aromatic carbocycles. The predicted octanol–water partition coefficient (Wildman–Crippen LogP) is 1.57. The quantitative estimate of drug-likeness (QED) is 0.668. The maximum absolute atomic E-state index is 12.3. The van der Waals surface area contributed by atoms with E-state index in [4.69, 9.17) is 23.8 Å². The minimum atomic E-state index is -3.74. The van der Waals surface area contributed by atoms with Gasteiger partial charge >= 0.3 is 0 Å². The predicted molar refractivity (Wildman–Crippen MR) is 69.1 cm³/mol. The number of sulfonamides is 1. The van der Waals surface area contributed by atoms with Crippen LogP contribution in [0.15, 0.2) is 23.1 Å². The number of hydrogen-bond acceptors (Lipinski definition) is 3. The van der Waals surface area contributed by atoms with Crippen molar-refractivity contribution in [2.75, 3.05) is 18.8 Å². The van der Waals surface area contributed by atoms with Crippen LogP contribution in [0.5, 0.6) is 0 Å². The number of hydrogen-bond donors (Lipinski definition) is 1. The SMILES string of the molecule is C#CCN(CC)S(=O)(=O)c1c(N)cccc1Cl. The monoisotopic (exact) mass is 272 g/mol. The Labute approximate surface area is 106 Å². The summed E-state index contributed by atoms with van der Waals surface area (Å²) < 4.78 is 25.7. The molecule has 0 saturated heterocycles. The van der Waals surface area contributed by atoms with Gasteiger partial charge < -0.3 is 5.73 Å². The minimum Gasteiger partial charge on any atom is -0.398 e. The number of nitrogens with zero attached hydrogens (tertiary/aromatic N) is 1.